The summed E-state index contributed by atoms with van der Waals surface area (Å²) in [6, 6.07) is 13.2. The summed E-state index contributed by atoms with van der Waals surface area (Å²) >= 11 is 0. The first-order valence-electron chi connectivity index (χ1n) is 9.41. The van der Waals surface area contributed by atoms with Crippen molar-refractivity contribution in [3.05, 3.63) is 65.0 Å². The van der Waals surface area contributed by atoms with Gasteiger partial charge in [0, 0.05) is 13.1 Å². The molecule has 4 nitrogen and oxygen atoms in total. The number of carbonyl (C=O) groups excluding carboxylic acids is 1. The number of hydrogen-bond acceptors (Lipinski definition) is 3. The zero-order chi connectivity index (χ0) is 19.4. The molecule has 2 atom stereocenters. The van der Waals surface area contributed by atoms with E-state index in [9.17, 15) is 9.18 Å². The molecule has 1 amide bonds. The SMILES string of the molecule is COc1ccc(C(C)NCC(=O)N(C)C2CCCc3ccccc32)cc1F. The Labute approximate surface area is 160 Å². The average molecular weight is 370 g/mol. The van der Waals surface area contributed by atoms with E-state index >= 15 is 0 Å². The lowest BCUT2D eigenvalue weighted by atomic mass is 9.87. The van der Waals surface area contributed by atoms with Crippen molar-refractivity contribution in [1.29, 1.82) is 0 Å². The monoisotopic (exact) mass is 370 g/mol. The van der Waals surface area contributed by atoms with Crippen LogP contribution in [0.2, 0.25) is 0 Å². The molecule has 0 saturated carbocycles. The van der Waals surface area contributed by atoms with Crippen molar-refractivity contribution in [3.8, 4) is 5.75 Å². The normalized spacial score (nSPS) is 17.1. The Morgan fingerprint density at radius 3 is 2.85 bits per heavy atom. The quantitative estimate of drug-likeness (QED) is 0.835. The molecule has 1 aliphatic rings. The molecular weight excluding hydrogens is 343 g/mol. The number of methoxy groups -OCH3 is 1. The van der Waals surface area contributed by atoms with E-state index in [1.165, 1.54) is 24.3 Å². The van der Waals surface area contributed by atoms with Crippen molar-refractivity contribution in [1.82, 2.24) is 10.2 Å². The van der Waals surface area contributed by atoms with Gasteiger partial charge in [-0.3, -0.25) is 4.79 Å². The largest absolute Gasteiger partial charge is 0.494 e. The third-order valence-corrected chi connectivity index (χ3v) is 5.43. The summed E-state index contributed by atoms with van der Waals surface area (Å²) in [5.41, 5.74) is 3.38. The first-order chi connectivity index (χ1) is 13.0. The molecule has 0 bridgehead atoms. The molecule has 1 N–H and O–H groups in total. The van der Waals surface area contributed by atoms with E-state index in [0.717, 1.165) is 24.8 Å². The number of nitrogens with one attached hydrogen (secondary N) is 1. The summed E-state index contributed by atoms with van der Waals surface area (Å²) in [4.78, 5) is 14.6. The predicted molar refractivity (Wildman–Crippen MR) is 104 cm³/mol. The van der Waals surface area contributed by atoms with Gasteiger partial charge in [0.2, 0.25) is 5.91 Å². The molecule has 2 unspecified atom stereocenters. The van der Waals surface area contributed by atoms with E-state index in [2.05, 4.69) is 23.5 Å². The minimum Gasteiger partial charge on any atom is -0.494 e. The summed E-state index contributed by atoms with van der Waals surface area (Å²) in [6.07, 6.45) is 3.15. The van der Waals surface area contributed by atoms with Crippen LogP contribution in [0, 0.1) is 5.82 Å². The maximum atomic E-state index is 13.9. The van der Waals surface area contributed by atoms with Gasteiger partial charge in [-0.1, -0.05) is 30.3 Å². The number of halogens is 1. The smallest absolute Gasteiger partial charge is 0.236 e. The van der Waals surface area contributed by atoms with Crippen LogP contribution in [0.3, 0.4) is 0 Å². The number of aryl methyl sites for hydroxylation is 1. The number of nitrogens with zero attached hydrogens (tertiary/aromatic N) is 1. The summed E-state index contributed by atoms with van der Waals surface area (Å²) in [6.45, 7) is 2.13. The Hall–Kier alpha value is -2.40. The lowest BCUT2D eigenvalue weighted by molar-refractivity contribution is -0.131. The van der Waals surface area contributed by atoms with Crippen LogP contribution in [0.4, 0.5) is 4.39 Å². The fourth-order valence-electron chi connectivity index (χ4n) is 3.74. The van der Waals surface area contributed by atoms with Crippen molar-refractivity contribution in [3.63, 3.8) is 0 Å². The molecule has 27 heavy (non-hydrogen) atoms. The van der Waals surface area contributed by atoms with Crippen LogP contribution in [0.15, 0.2) is 42.5 Å². The Morgan fingerprint density at radius 2 is 2.11 bits per heavy atom. The molecule has 3 rings (SSSR count). The summed E-state index contributed by atoms with van der Waals surface area (Å²) in [5, 5.41) is 3.21. The maximum absolute atomic E-state index is 13.9. The van der Waals surface area contributed by atoms with Crippen LogP contribution in [-0.2, 0) is 11.2 Å². The molecule has 0 saturated heterocycles. The molecule has 0 aliphatic heterocycles. The molecule has 0 heterocycles. The van der Waals surface area contributed by atoms with Gasteiger partial charge in [0.15, 0.2) is 11.6 Å². The number of ether oxygens (including phenoxy) is 1. The fourth-order valence-corrected chi connectivity index (χ4v) is 3.74. The maximum Gasteiger partial charge on any atom is 0.236 e. The molecular formula is C22H27FN2O2. The Kier molecular flexibility index (Phi) is 6.11. The Bertz CT molecular complexity index is 809. The highest BCUT2D eigenvalue weighted by Gasteiger charge is 2.26. The number of rotatable bonds is 6. The topological polar surface area (TPSA) is 41.6 Å². The number of likely N-dealkylation sites (N-methyl/N-ethyl adjacent to an activating group) is 1. The second-order valence-electron chi connectivity index (χ2n) is 7.11. The zero-order valence-electron chi connectivity index (χ0n) is 16.2. The Balaban J connectivity index is 1.61. The first kappa shape index (κ1) is 19.4. The second kappa shape index (κ2) is 8.53. The minimum atomic E-state index is -0.397. The van der Waals surface area contributed by atoms with Crippen molar-refractivity contribution in [2.24, 2.45) is 0 Å². The first-order valence-corrected chi connectivity index (χ1v) is 9.41. The van der Waals surface area contributed by atoms with E-state index in [0.29, 0.717) is 0 Å². The number of carbonyl (C=O) groups is 1. The lowest BCUT2D eigenvalue weighted by Crippen LogP contribution is -2.39. The fraction of sp³-hybridized carbons (Fsp3) is 0.409. The van der Waals surface area contributed by atoms with Crippen molar-refractivity contribution >= 4 is 5.91 Å². The predicted octanol–water partition coefficient (Wildman–Crippen LogP) is 4.02. The standard InChI is InChI=1S/C22H27FN2O2/c1-15(17-11-12-21(27-3)19(23)13-17)24-14-22(26)25(2)20-10-6-8-16-7-4-5-9-18(16)20/h4-5,7,9,11-13,15,20,24H,6,8,10,14H2,1-3H3. The number of hydrogen-bond donors (Lipinski definition) is 1. The summed E-state index contributed by atoms with van der Waals surface area (Å²) in [5.74, 6) is -0.138. The van der Waals surface area contributed by atoms with Crippen LogP contribution in [0.1, 0.15) is 48.5 Å². The highest BCUT2D eigenvalue weighted by atomic mass is 19.1. The number of benzene rings is 2. The summed E-state index contributed by atoms with van der Waals surface area (Å²) < 4.78 is 18.8. The highest BCUT2D eigenvalue weighted by molar-refractivity contribution is 5.78. The van der Waals surface area contributed by atoms with Crippen molar-refractivity contribution < 1.29 is 13.9 Å². The zero-order valence-corrected chi connectivity index (χ0v) is 16.2. The van der Waals surface area contributed by atoms with Crippen LogP contribution in [-0.4, -0.2) is 31.5 Å². The average Bonchev–Trinajstić information content (AvgIpc) is 2.70. The molecule has 2 aromatic rings. The van der Waals surface area contributed by atoms with Gasteiger partial charge >= 0.3 is 0 Å². The minimum absolute atomic E-state index is 0.0394. The van der Waals surface area contributed by atoms with Gasteiger partial charge < -0.3 is 15.0 Å². The Morgan fingerprint density at radius 1 is 1.33 bits per heavy atom. The molecule has 5 heteroatoms. The van der Waals surface area contributed by atoms with Crippen LogP contribution in [0.25, 0.3) is 0 Å². The van der Waals surface area contributed by atoms with Gasteiger partial charge in [0.1, 0.15) is 0 Å². The van der Waals surface area contributed by atoms with Gasteiger partial charge in [-0.2, -0.15) is 0 Å². The number of amides is 1. The highest BCUT2D eigenvalue weighted by Crippen LogP contribution is 2.33. The summed E-state index contributed by atoms with van der Waals surface area (Å²) in [7, 11) is 3.31. The molecule has 144 valence electrons. The number of fused-ring (bicyclic) bond motifs is 1. The van der Waals surface area contributed by atoms with Crippen LogP contribution < -0.4 is 10.1 Å². The van der Waals surface area contributed by atoms with E-state index in [4.69, 9.17) is 4.74 Å². The van der Waals surface area contributed by atoms with Crippen LogP contribution >= 0.6 is 0 Å². The third kappa shape index (κ3) is 4.30. The molecule has 2 aromatic carbocycles. The van der Waals surface area contributed by atoms with E-state index in [1.807, 2.05) is 31.0 Å². The van der Waals surface area contributed by atoms with Crippen molar-refractivity contribution in [2.45, 2.75) is 38.3 Å². The lowest BCUT2D eigenvalue weighted by Gasteiger charge is -2.33. The molecule has 0 radical (unpaired) electrons. The molecule has 0 spiro atoms. The molecule has 1 aliphatic carbocycles. The van der Waals surface area contributed by atoms with Gasteiger partial charge in [-0.25, -0.2) is 4.39 Å². The van der Waals surface area contributed by atoms with Crippen molar-refractivity contribution in [2.75, 3.05) is 20.7 Å². The van der Waals surface area contributed by atoms with E-state index in [1.54, 1.807) is 6.07 Å². The van der Waals surface area contributed by atoms with Gasteiger partial charge in [0.25, 0.3) is 0 Å². The third-order valence-electron chi connectivity index (χ3n) is 5.43. The van der Waals surface area contributed by atoms with Gasteiger partial charge in [-0.15, -0.1) is 0 Å². The van der Waals surface area contributed by atoms with Gasteiger partial charge in [0.05, 0.1) is 19.7 Å². The molecule has 0 fully saturated rings. The van der Waals surface area contributed by atoms with Gasteiger partial charge in [-0.05, 0) is 55.0 Å². The molecule has 0 aromatic heterocycles. The van der Waals surface area contributed by atoms with Crippen LogP contribution in [0.5, 0.6) is 5.75 Å². The van der Waals surface area contributed by atoms with E-state index < -0.39 is 5.82 Å². The van der Waals surface area contributed by atoms with E-state index in [-0.39, 0.29) is 30.3 Å². The second-order valence-corrected chi connectivity index (χ2v) is 7.11.